The molecule has 0 amide bonds. The van der Waals surface area contributed by atoms with Crippen LogP contribution >= 0.6 is 0 Å². The molecule has 0 aliphatic heterocycles. The summed E-state index contributed by atoms with van der Waals surface area (Å²) < 4.78 is 8.60. The summed E-state index contributed by atoms with van der Waals surface area (Å²) in [6.07, 6.45) is 0. The number of furan rings is 1. The van der Waals surface area contributed by atoms with Crippen molar-refractivity contribution in [3.05, 3.63) is 228 Å². The maximum absolute atomic E-state index is 9.92. The van der Waals surface area contributed by atoms with Crippen molar-refractivity contribution in [3.63, 3.8) is 0 Å². The van der Waals surface area contributed by atoms with E-state index in [1.807, 2.05) is 91.0 Å². The van der Waals surface area contributed by atoms with Crippen molar-refractivity contribution in [2.24, 2.45) is 0 Å². The third-order valence-corrected chi connectivity index (χ3v) is 12.7. The topological polar surface area (TPSA) is 113 Å². The zero-order valence-corrected chi connectivity index (χ0v) is 37.0. The lowest BCUT2D eigenvalue weighted by molar-refractivity contribution is 0.669. The Kier molecular flexibility index (Phi) is 9.82. The summed E-state index contributed by atoms with van der Waals surface area (Å²) in [5.74, 6) is 1.52. The fourth-order valence-electron chi connectivity index (χ4n) is 9.38. The molecule has 9 nitrogen and oxygen atoms in total. The second-order valence-corrected chi connectivity index (χ2v) is 16.9. The molecule has 0 N–H and O–H groups in total. The van der Waals surface area contributed by atoms with Crippen LogP contribution in [0.3, 0.4) is 0 Å². The first-order chi connectivity index (χ1) is 34.4. The lowest BCUT2D eigenvalue weighted by Crippen LogP contribution is -2.04. The molecule has 0 radical (unpaired) electrons. The average molecular weight is 893 g/mol. The lowest BCUT2D eigenvalue weighted by Gasteiger charge is -2.16. The molecule has 0 saturated heterocycles. The van der Waals surface area contributed by atoms with E-state index in [4.69, 9.17) is 32.5 Å². The van der Waals surface area contributed by atoms with E-state index < -0.39 is 0 Å². The van der Waals surface area contributed by atoms with Crippen LogP contribution in [0.1, 0.15) is 11.1 Å². The van der Waals surface area contributed by atoms with E-state index in [0.29, 0.717) is 40.0 Å². The highest BCUT2D eigenvalue weighted by Crippen LogP contribution is 2.42. The molecule has 70 heavy (non-hydrogen) atoms. The number of nitriles is 2. The summed E-state index contributed by atoms with van der Waals surface area (Å²) in [6, 6.07) is 67.7. The first-order valence-corrected chi connectivity index (χ1v) is 22.3. The standard InChI is InChI=1S/C61H32N8O/c1-64-47-27-37(35-62)25-45(29-47)42-19-22-54-51(31-42)52-32-43(46-26-38(36-63)28-48(30-46)65-2)20-23-55(52)69(54)56-24-18-41(44-17-21-50-49-15-9-10-16-57(49)70-58(50)34-44)33-53(56)61-67-59(39-11-5-3-6-12-39)66-60(68-61)40-13-7-4-8-14-40/h3-34H. The molecule has 9 heteroatoms. The summed E-state index contributed by atoms with van der Waals surface area (Å²) in [5, 5.41) is 23.7. The zero-order valence-electron chi connectivity index (χ0n) is 37.0. The summed E-state index contributed by atoms with van der Waals surface area (Å²) in [5.41, 5.74) is 13.2. The second-order valence-electron chi connectivity index (χ2n) is 16.9. The lowest BCUT2D eigenvalue weighted by atomic mass is 9.98. The number of aromatic nitrogens is 4. The largest absolute Gasteiger partial charge is 0.456 e. The van der Waals surface area contributed by atoms with Crippen molar-refractivity contribution in [1.29, 1.82) is 10.5 Å². The molecule has 9 aromatic carbocycles. The number of para-hydroxylation sites is 1. The number of benzene rings is 9. The minimum Gasteiger partial charge on any atom is -0.456 e. The number of fused-ring (bicyclic) bond motifs is 6. The fraction of sp³-hybridized carbons (Fsp3) is 0. The maximum Gasteiger partial charge on any atom is 0.189 e. The Bertz CT molecular complexity index is 4040. The summed E-state index contributed by atoms with van der Waals surface area (Å²) in [4.78, 5) is 22.9. The van der Waals surface area contributed by atoms with E-state index in [-0.39, 0.29) is 0 Å². The highest BCUT2D eigenvalue weighted by molar-refractivity contribution is 6.12. The number of nitrogens with zero attached hydrogens (tertiary/aromatic N) is 8. The van der Waals surface area contributed by atoms with Gasteiger partial charge in [-0.2, -0.15) is 10.5 Å². The quantitative estimate of drug-likeness (QED) is 0.147. The van der Waals surface area contributed by atoms with Gasteiger partial charge in [0.2, 0.25) is 0 Å². The van der Waals surface area contributed by atoms with Crippen molar-refractivity contribution in [2.45, 2.75) is 0 Å². The summed E-state index contributed by atoms with van der Waals surface area (Å²) in [7, 11) is 0. The molecule has 0 bridgehead atoms. The highest BCUT2D eigenvalue weighted by Gasteiger charge is 2.22. The van der Waals surface area contributed by atoms with E-state index in [1.54, 1.807) is 36.4 Å². The zero-order chi connectivity index (χ0) is 47.3. The maximum atomic E-state index is 9.92. The SMILES string of the molecule is [C-]#[N+]c1cc(C#N)cc(-c2ccc3c(c2)c2cc(-c4cc(C#N)cc([N+]#[C-])c4)ccc2n3-c2ccc(-c3ccc4c(c3)oc3ccccc34)cc2-c2nc(-c3ccccc3)nc(-c3ccccc3)n2)c1. The Balaban J connectivity index is 1.15. The Morgan fingerprint density at radius 2 is 0.886 bits per heavy atom. The van der Waals surface area contributed by atoms with Crippen molar-refractivity contribution in [1.82, 2.24) is 19.5 Å². The van der Waals surface area contributed by atoms with E-state index in [1.165, 1.54) is 0 Å². The van der Waals surface area contributed by atoms with Crippen molar-refractivity contribution < 1.29 is 4.42 Å². The van der Waals surface area contributed by atoms with Gasteiger partial charge in [0.25, 0.3) is 0 Å². The molecule has 0 fully saturated rings. The average Bonchev–Trinajstić information content (AvgIpc) is 3.97. The van der Waals surface area contributed by atoms with Crippen LogP contribution in [0.15, 0.2) is 199 Å². The predicted molar refractivity (Wildman–Crippen MR) is 276 cm³/mol. The van der Waals surface area contributed by atoms with Gasteiger partial charge in [0.05, 0.1) is 42.0 Å². The van der Waals surface area contributed by atoms with Gasteiger partial charge >= 0.3 is 0 Å². The molecular formula is C61H32N8O. The van der Waals surface area contributed by atoms with Gasteiger partial charge in [0, 0.05) is 49.4 Å². The Labute approximate surface area is 401 Å². The van der Waals surface area contributed by atoms with Crippen LogP contribution in [-0.4, -0.2) is 19.5 Å². The van der Waals surface area contributed by atoms with E-state index in [9.17, 15) is 10.5 Å². The molecule has 0 saturated carbocycles. The Morgan fingerprint density at radius 1 is 0.400 bits per heavy atom. The van der Waals surface area contributed by atoms with Crippen molar-refractivity contribution in [2.75, 3.05) is 0 Å². The minimum absolute atomic E-state index is 0.373. The minimum atomic E-state index is 0.373. The van der Waals surface area contributed by atoms with Crippen LogP contribution in [0.4, 0.5) is 11.4 Å². The van der Waals surface area contributed by atoms with Gasteiger partial charge in [-0.25, -0.2) is 24.6 Å². The van der Waals surface area contributed by atoms with Gasteiger partial charge < -0.3 is 8.98 Å². The monoisotopic (exact) mass is 892 g/mol. The van der Waals surface area contributed by atoms with Crippen LogP contribution in [0.2, 0.25) is 0 Å². The molecule has 0 unspecified atom stereocenters. The van der Waals surface area contributed by atoms with Crippen LogP contribution in [-0.2, 0) is 0 Å². The molecule has 12 aromatic rings. The van der Waals surface area contributed by atoms with Gasteiger partial charge in [0.1, 0.15) is 11.2 Å². The molecule has 0 atom stereocenters. The van der Waals surface area contributed by atoms with Crippen molar-refractivity contribution in [3.8, 4) is 85.4 Å². The van der Waals surface area contributed by atoms with Crippen LogP contribution in [0, 0.1) is 35.8 Å². The van der Waals surface area contributed by atoms with E-state index in [0.717, 1.165) is 99.5 Å². The molecule has 3 heterocycles. The van der Waals surface area contributed by atoms with Gasteiger partial charge in [0.15, 0.2) is 28.8 Å². The Hall–Kier alpha value is -10.5. The number of hydrogen-bond donors (Lipinski definition) is 0. The van der Waals surface area contributed by atoms with Crippen LogP contribution < -0.4 is 0 Å². The van der Waals surface area contributed by atoms with Gasteiger partial charge in [-0.3, -0.25) is 0 Å². The third kappa shape index (κ3) is 7.14. The Morgan fingerprint density at radius 3 is 1.46 bits per heavy atom. The van der Waals surface area contributed by atoms with Gasteiger partial charge in [-0.15, -0.1) is 0 Å². The second kappa shape index (κ2) is 16.8. The number of rotatable bonds is 7. The smallest absolute Gasteiger partial charge is 0.189 e. The molecule has 322 valence electrons. The normalized spacial score (nSPS) is 11.1. The summed E-state index contributed by atoms with van der Waals surface area (Å²) >= 11 is 0. The predicted octanol–water partition coefficient (Wildman–Crippen LogP) is 15.7. The molecule has 3 aromatic heterocycles. The molecule has 0 spiro atoms. The molecule has 0 aliphatic rings. The number of hydrogen-bond acceptors (Lipinski definition) is 6. The van der Waals surface area contributed by atoms with Gasteiger partial charge in [-0.05, 0) is 124 Å². The fourth-order valence-corrected chi connectivity index (χ4v) is 9.38. The highest BCUT2D eigenvalue weighted by atomic mass is 16.3. The van der Waals surface area contributed by atoms with Crippen LogP contribution in [0.25, 0.3) is 127 Å². The third-order valence-electron chi connectivity index (χ3n) is 12.7. The summed E-state index contributed by atoms with van der Waals surface area (Å²) in [6.45, 7) is 15.5. The van der Waals surface area contributed by atoms with E-state index >= 15 is 0 Å². The molecule has 0 aliphatic carbocycles. The molecular weight excluding hydrogens is 861 g/mol. The first-order valence-electron chi connectivity index (χ1n) is 22.3. The van der Waals surface area contributed by atoms with Crippen molar-refractivity contribution >= 4 is 55.1 Å². The first kappa shape index (κ1) is 41.0. The van der Waals surface area contributed by atoms with Gasteiger partial charge in [-0.1, -0.05) is 103 Å². The van der Waals surface area contributed by atoms with E-state index in [2.05, 4.69) is 93.1 Å². The van der Waals surface area contributed by atoms with Crippen LogP contribution in [0.5, 0.6) is 0 Å². The molecule has 12 rings (SSSR count).